The minimum atomic E-state index is -3.35. The first-order valence-corrected chi connectivity index (χ1v) is 9.59. The molecule has 25 heavy (non-hydrogen) atoms. The van der Waals surface area contributed by atoms with Crippen LogP contribution >= 0.6 is 23.2 Å². The van der Waals surface area contributed by atoms with Gasteiger partial charge in [-0.2, -0.15) is 9.67 Å². The van der Waals surface area contributed by atoms with Crippen molar-refractivity contribution in [1.82, 2.24) is 14.8 Å². The maximum atomic E-state index is 11.8. The highest BCUT2D eigenvalue weighted by molar-refractivity contribution is 7.90. The van der Waals surface area contributed by atoms with Crippen LogP contribution in [-0.2, 0) is 9.84 Å². The minimum absolute atomic E-state index is 0.0228. The summed E-state index contributed by atoms with van der Waals surface area (Å²) in [6.07, 6.45) is 1.14. The second kappa shape index (κ2) is 6.21. The third kappa shape index (κ3) is 3.41. The van der Waals surface area contributed by atoms with Crippen molar-refractivity contribution in [3.05, 3.63) is 46.4 Å². The molecular formula is C15H13Cl2N5O2S. The van der Waals surface area contributed by atoms with E-state index in [1.54, 1.807) is 24.3 Å². The molecule has 0 radical (unpaired) electrons. The van der Waals surface area contributed by atoms with Crippen LogP contribution in [0.2, 0.25) is 10.0 Å². The lowest BCUT2D eigenvalue weighted by Crippen LogP contribution is -2.03. The zero-order valence-electron chi connectivity index (χ0n) is 12.9. The molecule has 1 aromatic heterocycles. The van der Waals surface area contributed by atoms with Crippen molar-refractivity contribution in [3.8, 4) is 16.8 Å². The summed E-state index contributed by atoms with van der Waals surface area (Å²) in [7, 11) is -3.35. The van der Waals surface area contributed by atoms with Crippen molar-refractivity contribution in [2.75, 3.05) is 17.7 Å². The number of rotatable bonds is 3. The number of aromatic nitrogens is 3. The Morgan fingerprint density at radius 2 is 1.72 bits per heavy atom. The number of benzene rings is 2. The molecule has 3 aromatic rings. The number of nitrogens with zero attached hydrogens (tertiary/aromatic N) is 3. The molecule has 0 aliphatic carbocycles. The maximum absolute atomic E-state index is 11.8. The van der Waals surface area contributed by atoms with Gasteiger partial charge < -0.3 is 11.5 Å². The van der Waals surface area contributed by atoms with E-state index < -0.39 is 9.84 Å². The van der Waals surface area contributed by atoms with E-state index in [0.717, 1.165) is 6.26 Å². The topological polar surface area (TPSA) is 117 Å². The van der Waals surface area contributed by atoms with Crippen LogP contribution in [0.3, 0.4) is 0 Å². The minimum Gasteiger partial charge on any atom is -0.368 e. The van der Waals surface area contributed by atoms with Crippen LogP contribution in [0, 0.1) is 0 Å². The van der Waals surface area contributed by atoms with Gasteiger partial charge in [0.25, 0.3) is 0 Å². The zero-order valence-corrected chi connectivity index (χ0v) is 15.3. The molecule has 2 aromatic carbocycles. The molecule has 0 saturated carbocycles. The predicted molar refractivity (Wildman–Crippen MR) is 98.7 cm³/mol. The van der Waals surface area contributed by atoms with Gasteiger partial charge >= 0.3 is 0 Å². The molecule has 0 amide bonds. The van der Waals surface area contributed by atoms with Crippen LogP contribution in [0.1, 0.15) is 0 Å². The Kier molecular flexibility index (Phi) is 4.36. The smallest absolute Gasteiger partial charge is 0.241 e. The highest BCUT2D eigenvalue weighted by Crippen LogP contribution is 2.37. The molecule has 0 spiro atoms. The van der Waals surface area contributed by atoms with Gasteiger partial charge in [0.2, 0.25) is 11.9 Å². The van der Waals surface area contributed by atoms with Crippen LogP contribution in [0.15, 0.2) is 41.3 Å². The lowest BCUT2D eigenvalue weighted by Gasteiger charge is -2.11. The van der Waals surface area contributed by atoms with Gasteiger partial charge in [-0.25, -0.2) is 8.42 Å². The molecule has 0 saturated heterocycles. The molecule has 1 heterocycles. The number of hydrogen-bond acceptors (Lipinski definition) is 6. The predicted octanol–water partition coefficient (Wildman–Crippen LogP) is 2.81. The lowest BCUT2D eigenvalue weighted by atomic mass is 10.1. The van der Waals surface area contributed by atoms with Gasteiger partial charge in [-0.3, -0.25) is 0 Å². The van der Waals surface area contributed by atoms with Crippen molar-refractivity contribution in [2.24, 2.45) is 0 Å². The first kappa shape index (κ1) is 17.5. The number of anilines is 2. The third-order valence-corrected chi connectivity index (χ3v) is 5.18. The molecule has 4 N–H and O–H groups in total. The Balaban J connectivity index is 2.15. The van der Waals surface area contributed by atoms with Crippen molar-refractivity contribution in [2.45, 2.75) is 4.90 Å². The standard InChI is InChI=1S/C15H13Cl2N5O2S/c1-25(23,24)10-4-2-3-8(5-10)13-11(16)6-9(7-12(13)17)22-15(19)20-14(18)21-22/h2-7H,1H3,(H4,18,19,20,21). The Morgan fingerprint density at radius 1 is 1.08 bits per heavy atom. The summed E-state index contributed by atoms with van der Waals surface area (Å²) in [5.41, 5.74) is 12.8. The summed E-state index contributed by atoms with van der Waals surface area (Å²) in [5.74, 6) is 0.117. The summed E-state index contributed by atoms with van der Waals surface area (Å²) < 4.78 is 24.8. The van der Waals surface area contributed by atoms with Gasteiger partial charge in [0.15, 0.2) is 9.84 Å². The fourth-order valence-corrected chi connectivity index (χ4v) is 3.73. The zero-order chi connectivity index (χ0) is 18.4. The number of sulfone groups is 1. The van der Waals surface area contributed by atoms with E-state index in [-0.39, 0.29) is 16.8 Å². The van der Waals surface area contributed by atoms with Gasteiger partial charge in [0, 0.05) is 11.8 Å². The quantitative estimate of drug-likeness (QED) is 0.701. The average molecular weight is 398 g/mol. The number of halogens is 2. The van der Waals surface area contributed by atoms with Crippen LogP contribution in [0.4, 0.5) is 11.9 Å². The highest BCUT2D eigenvalue weighted by Gasteiger charge is 2.16. The van der Waals surface area contributed by atoms with E-state index in [2.05, 4.69) is 10.1 Å². The van der Waals surface area contributed by atoms with Crippen LogP contribution in [0.5, 0.6) is 0 Å². The fraction of sp³-hybridized carbons (Fsp3) is 0.0667. The van der Waals surface area contributed by atoms with Crippen molar-refractivity contribution >= 4 is 44.9 Å². The molecule has 0 unspecified atom stereocenters. The fourth-order valence-electron chi connectivity index (χ4n) is 2.37. The van der Waals surface area contributed by atoms with Crippen LogP contribution in [-0.4, -0.2) is 29.4 Å². The van der Waals surface area contributed by atoms with Crippen molar-refractivity contribution in [1.29, 1.82) is 0 Å². The van der Waals surface area contributed by atoms with E-state index in [9.17, 15) is 8.42 Å². The van der Waals surface area contributed by atoms with E-state index in [1.165, 1.54) is 16.8 Å². The van der Waals surface area contributed by atoms with Gasteiger partial charge in [-0.05, 0) is 29.8 Å². The Labute approximate surface area is 154 Å². The Bertz CT molecular complexity index is 1060. The van der Waals surface area contributed by atoms with Gasteiger partial charge in [0.1, 0.15) is 0 Å². The van der Waals surface area contributed by atoms with Crippen LogP contribution in [0.25, 0.3) is 16.8 Å². The van der Waals surface area contributed by atoms with Crippen molar-refractivity contribution in [3.63, 3.8) is 0 Å². The second-order valence-electron chi connectivity index (χ2n) is 5.32. The van der Waals surface area contributed by atoms with Gasteiger partial charge in [0.05, 0.1) is 20.6 Å². The first-order valence-electron chi connectivity index (χ1n) is 6.95. The average Bonchev–Trinajstić information content (AvgIpc) is 2.84. The summed E-state index contributed by atoms with van der Waals surface area (Å²) in [6.45, 7) is 0. The van der Waals surface area contributed by atoms with Gasteiger partial charge in [-0.1, -0.05) is 35.3 Å². The van der Waals surface area contributed by atoms with Crippen molar-refractivity contribution < 1.29 is 8.42 Å². The lowest BCUT2D eigenvalue weighted by molar-refractivity contribution is 0.602. The normalized spacial score (nSPS) is 11.6. The number of hydrogen-bond donors (Lipinski definition) is 2. The molecular weight excluding hydrogens is 385 g/mol. The molecule has 7 nitrogen and oxygen atoms in total. The van der Waals surface area contributed by atoms with Gasteiger partial charge in [-0.15, -0.1) is 5.10 Å². The number of nitrogen functional groups attached to an aromatic ring is 2. The van der Waals surface area contributed by atoms with E-state index in [0.29, 0.717) is 26.9 Å². The molecule has 130 valence electrons. The molecule has 10 heteroatoms. The second-order valence-corrected chi connectivity index (χ2v) is 8.15. The molecule has 3 rings (SSSR count). The summed E-state index contributed by atoms with van der Waals surface area (Å²) in [5, 5.41) is 4.59. The number of nitrogens with two attached hydrogens (primary N) is 2. The summed E-state index contributed by atoms with van der Waals surface area (Å²) in [6, 6.07) is 9.57. The molecule has 0 fully saturated rings. The summed E-state index contributed by atoms with van der Waals surface area (Å²) >= 11 is 12.8. The molecule has 0 atom stereocenters. The molecule has 0 bridgehead atoms. The Morgan fingerprint density at radius 3 is 2.24 bits per heavy atom. The monoisotopic (exact) mass is 397 g/mol. The van der Waals surface area contributed by atoms with E-state index in [4.69, 9.17) is 34.7 Å². The van der Waals surface area contributed by atoms with E-state index >= 15 is 0 Å². The van der Waals surface area contributed by atoms with Crippen LogP contribution < -0.4 is 11.5 Å². The summed E-state index contributed by atoms with van der Waals surface area (Å²) in [4.78, 5) is 4.00. The Hall–Kier alpha value is -2.29. The van der Waals surface area contributed by atoms with E-state index in [1.807, 2.05) is 0 Å². The maximum Gasteiger partial charge on any atom is 0.241 e. The largest absolute Gasteiger partial charge is 0.368 e. The molecule has 0 aliphatic heterocycles. The highest BCUT2D eigenvalue weighted by atomic mass is 35.5. The third-order valence-electron chi connectivity index (χ3n) is 3.47. The molecule has 0 aliphatic rings. The first-order chi connectivity index (χ1) is 11.7. The SMILES string of the molecule is CS(=O)(=O)c1cccc(-c2c(Cl)cc(-n3nc(N)nc3N)cc2Cl)c1.